The lowest BCUT2D eigenvalue weighted by atomic mass is 9.96. The fourth-order valence-corrected chi connectivity index (χ4v) is 2.61. The van der Waals surface area contributed by atoms with Gasteiger partial charge >= 0.3 is 17.9 Å². The van der Waals surface area contributed by atoms with Gasteiger partial charge in [-0.05, 0) is 18.7 Å². The number of nitrogens with zero attached hydrogens (tertiary/aromatic N) is 2. The lowest BCUT2D eigenvalue weighted by Gasteiger charge is -2.18. The Balaban J connectivity index is 0.000000617. The van der Waals surface area contributed by atoms with Crippen LogP contribution >= 0.6 is 0 Å². The molecule has 0 aliphatic heterocycles. The molecule has 1 aromatic carbocycles. The van der Waals surface area contributed by atoms with Gasteiger partial charge in [-0.3, -0.25) is 14.3 Å². The number of likely N-dealkylation sites (N-methyl/N-ethyl adjacent to an activating group) is 1. The summed E-state index contributed by atoms with van der Waals surface area (Å²) in [6.07, 6.45) is -0.553. The number of aliphatic hydroxyl groups is 1. The molecule has 2 aromatic rings. The molecule has 1 heterocycles. The Kier molecular flexibility index (Phi) is 12.5. The van der Waals surface area contributed by atoms with Gasteiger partial charge in [0.25, 0.3) is 0 Å². The van der Waals surface area contributed by atoms with Crippen LogP contribution in [0.25, 0.3) is 0 Å². The summed E-state index contributed by atoms with van der Waals surface area (Å²) in [7, 11) is 3.86. The number of benzene rings is 1. The molecule has 32 heavy (non-hydrogen) atoms. The third-order valence-electron chi connectivity index (χ3n) is 4.15. The topological polar surface area (TPSA) is 171 Å². The van der Waals surface area contributed by atoms with E-state index in [1.807, 2.05) is 43.0 Å². The first-order valence-corrected chi connectivity index (χ1v) is 9.29. The Hall–Kier alpha value is -3.28. The van der Waals surface area contributed by atoms with Crippen molar-refractivity contribution in [1.82, 2.24) is 15.1 Å². The molecule has 0 radical (unpaired) electrons. The highest BCUT2D eigenvalue weighted by Gasteiger charge is 2.40. The number of aromatic nitrogens is 2. The molecule has 0 aliphatic carbocycles. The first-order valence-electron chi connectivity index (χ1n) is 9.29. The third-order valence-corrected chi connectivity index (χ3v) is 4.15. The molecule has 1 atom stereocenters. The van der Waals surface area contributed by atoms with Crippen LogP contribution in [-0.2, 0) is 26.2 Å². The van der Waals surface area contributed by atoms with Gasteiger partial charge in [-0.15, -0.1) is 0 Å². The number of ether oxygens (including phenoxy) is 1. The lowest BCUT2D eigenvalue weighted by Crippen LogP contribution is -2.42. The molecule has 0 bridgehead atoms. The number of rotatable bonds is 11. The zero-order valence-electron chi connectivity index (χ0n) is 17.3. The minimum absolute atomic E-state index is 0. The van der Waals surface area contributed by atoms with E-state index in [9.17, 15) is 14.4 Å². The molecule has 178 valence electrons. The van der Waals surface area contributed by atoms with E-state index in [2.05, 4.69) is 22.5 Å². The normalized spacial score (nSPS) is 11.5. The van der Waals surface area contributed by atoms with Crippen molar-refractivity contribution in [1.29, 1.82) is 0 Å². The fourth-order valence-electron chi connectivity index (χ4n) is 2.61. The molecule has 1 aromatic heterocycles. The molecule has 0 saturated carbocycles. The minimum Gasteiger partial charge on any atom is -0.481 e. The van der Waals surface area contributed by atoms with Crippen LogP contribution in [0.15, 0.2) is 42.6 Å². The first kappa shape index (κ1) is 28.7. The highest BCUT2D eigenvalue weighted by Crippen LogP contribution is 2.25. The Labute approximate surface area is 186 Å². The Morgan fingerprint density at radius 3 is 2.06 bits per heavy atom. The predicted octanol–water partition coefficient (Wildman–Crippen LogP) is 1.13. The number of aryl methyl sites for hydroxylation is 1. The SMILES string of the molecule is C.CNCCOC(c1ccccc1)c1ccnn1C.O=C(O)CC(O)(CC(=O)O)C(=O)O. The van der Waals surface area contributed by atoms with Gasteiger partial charge in [-0.1, -0.05) is 37.8 Å². The third kappa shape index (κ3) is 9.25. The van der Waals surface area contributed by atoms with Gasteiger partial charge in [0.1, 0.15) is 6.10 Å². The predicted molar refractivity (Wildman–Crippen MR) is 115 cm³/mol. The molecule has 11 heteroatoms. The maximum Gasteiger partial charge on any atom is 0.336 e. The summed E-state index contributed by atoms with van der Waals surface area (Å²) in [6.45, 7) is 1.50. The fraction of sp³-hybridized carbons (Fsp3) is 0.429. The number of carboxylic acids is 3. The molecule has 0 saturated heterocycles. The number of carboxylic acid groups (broad SMARTS) is 3. The van der Waals surface area contributed by atoms with Crippen LogP contribution in [-0.4, -0.2) is 73.9 Å². The molecule has 0 aliphatic rings. The molecule has 11 nitrogen and oxygen atoms in total. The van der Waals surface area contributed by atoms with Crippen molar-refractivity contribution in [2.24, 2.45) is 7.05 Å². The second-order valence-corrected chi connectivity index (χ2v) is 6.62. The van der Waals surface area contributed by atoms with Crippen molar-refractivity contribution >= 4 is 17.9 Å². The maximum absolute atomic E-state index is 10.3. The van der Waals surface area contributed by atoms with E-state index >= 15 is 0 Å². The summed E-state index contributed by atoms with van der Waals surface area (Å²) >= 11 is 0. The Morgan fingerprint density at radius 1 is 1.09 bits per heavy atom. The second-order valence-electron chi connectivity index (χ2n) is 6.62. The molecule has 5 N–H and O–H groups in total. The number of nitrogens with one attached hydrogen (secondary N) is 1. The molecule has 0 fully saturated rings. The van der Waals surface area contributed by atoms with E-state index in [1.165, 1.54) is 0 Å². The van der Waals surface area contributed by atoms with Gasteiger partial charge in [0.05, 0.1) is 25.1 Å². The molecular weight excluding hydrogens is 422 g/mol. The molecule has 2 rings (SSSR count). The van der Waals surface area contributed by atoms with E-state index in [1.54, 1.807) is 6.20 Å². The minimum atomic E-state index is -2.74. The summed E-state index contributed by atoms with van der Waals surface area (Å²) in [6, 6.07) is 12.2. The average Bonchev–Trinajstić information content (AvgIpc) is 3.11. The van der Waals surface area contributed by atoms with Crippen LogP contribution in [0, 0.1) is 0 Å². The highest BCUT2D eigenvalue weighted by molar-refractivity contribution is 5.88. The highest BCUT2D eigenvalue weighted by atomic mass is 16.5. The van der Waals surface area contributed by atoms with Gasteiger partial charge in [0.15, 0.2) is 5.60 Å². The van der Waals surface area contributed by atoms with E-state index in [-0.39, 0.29) is 13.5 Å². The van der Waals surface area contributed by atoms with Crippen molar-refractivity contribution in [3.63, 3.8) is 0 Å². The molecule has 1 unspecified atom stereocenters. The van der Waals surface area contributed by atoms with Crippen molar-refractivity contribution in [3.05, 3.63) is 53.9 Å². The number of hydrogen-bond donors (Lipinski definition) is 5. The number of carbonyl (C=O) groups is 3. The standard InChI is InChI=1S/C14H19N3O.C6H8O7.CH4/c1-15-10-11-18-14(12-6-4-3-5-7-12)13-8-9-16-17(13)2;7-3(8)1-6(13,5(11)12)2-4(9)10;/h3-9,14-15H,10-11H2,1-2H3;13H,1-2H2,(H,7,8)(H,9,10)(H,11,12);1H4. The van der Waals surface area contributed by atoms with Crippen molar-refractivity contribution in [2.75, 3.05) is 20.2 Å². The number of hydrogen-bond acceptors (Lipinski definition) is 7. The van der Waals surface area contributed by atoms with Crippen LogP contribution in [0.2, 0.25) is 0 Å². The Morgan fingerprint density at radius 2 is 1.66 bits per heavy atom. The van der Waals surface area contributed by atoms with Gasteiger partial charge in [-0.2, -0.15) is 5.10 Å². The van der Waals surface area contributed by atoms with Gasteiger partial charge in [0, 0.05) is 19.8 Å². The van der Waals surface area contributed by atoms with Crippen LogP contribution in [0.1, 0.15) is 37.6 Å². The zero-order valence-corrected chi connectivity index (χ0v) is 17.3. The van der Waals surface area contributed by atoms with Gasteiger partial charge in [-0.25, -0.2) is 4.79 Å². The van der Waals surface area contributed by atoms with Crippen molar-refractivity contribution in [3.8, 4) is 0 Å². The monoisotopic (exact) mass is 453 g/mol. The summed E-state index contributed by atoms with van der Waals surface area (Å²) in [4.78, 5) is 30.5. The maximum atomic E-state index is 10.3. The van der Waals surface area contributed by atoms with E-state index in [4.69, 9.17) is 25.2 Å². The van der Waals surface area contributed by atoms with E-state index in [0.717, 1.165) is 17.8 Å². The van der Waals surface area contributed by atoms with Gasteiger partial charge < -0.3 is 30.5 Å². The van der Waals surface area contributed by atoms with Crippen LogP contribution in [0.5, 0.6) is 0 Å². The van der Waals surface area contributed by atoms with Crippen molar-refractivity contribution < 1.29 is 39.5 Å². The second kappa shape index (κ2) is 13.9. The quantitative estimate of drug-likeness (QED) is 0.311. The summed E-state index contributed by atoms with van der Waals surface area (Å²) in [5.41, 5.74) is -0.521. The smallest absolute Gasteiger partial charge is 0.336 e. The van der Waals surface area contributed by atoms with Crippen LogP contribution in [0.4, 0.5) is 0 Å². The zero-order chi connectivity index (χ0) is 23.4. The van der Waals surface area contributed by atoms with Crippen LogP contribution in [0.3, 0.4) is 0 Å². The summed E-state index contributed by atoms with van der Waals surface area (Å²) in [5.74, 6) is -5.02. The largest absolute Gasteiger partial charge is 0.481 e. The van der Waals surface area contributed by atoms with E-state index in [0.29, 0.717) is 6.61 Å². The molecule has 0 spiro atoms. The molecule has 0 amide bonds. The average molecular weight is 453 g/mol. The first-order chi connectivity index (χ1) is 14.6. The number of aliphatic carboxylic acids is 3. The summed E-state index contributed by atoms with van der Waals surface area (Å²) < 4.78 is 7.83. The lowest BCUT2D eigenvalue weighted by molar-refractivity contribution is -0.170. The van der Waals surface area contributed by atoms with Crippen molar-refractivity contribution in [2.45, 2.75) is 32.0 Å². The van der Waals surface area contributed by atoms with E-state index < -0.39 is 36.4 Å². The molecular formula is C21H31N3O8. The van der Waals surface area contributed by atoms with Crippen LogP contribution < -0.4 is 5.32 Å². The van der Waals surface area contributed by atoms with Gasteiger partial charge in [0.2, 0.25) is 0 Å². The summed E-state index contributed by atoms with van der Waals surface area (Å²) in [5, 5.41) is 41.1. The Bertz CT molecular complexity index is 838.